The summed E-state index contributed by atoms with van der Waals surface area (Å²) in [4.78, 5) is 2.43. The highest BCUT2D eigenvalue weighted by Gasteiger charge is 2.22. The highest BCUT2D eigenvalue weighted by Crippen LogP contribution is 2.33. The van der Waals surface area contributed by atoms with Crippen LogP contribution in [0.1, 0.15) is 23.6 Å². The van der Waals surface area contributed by atoms with Gasteiger partial charge in [0.25, 0.3) is 0 Å². The summed E-state index contributed by atoms with van der Waals surface area (Å²) in [6.45, 7) is 3.76. The van der Waals surface area contributed by atoms with E-state index in [1.165, 1.54) is 29.7 Å². The number of morpholine rings is 1. The summed E-state index contributed by atoms with van der Waals surface area (Å²) >= 11 is 0. The van der Waals surface area contributed by atoms with Crippen LogP contribution in [0, 0.1) is 0 Å². The van der Waals surface area contributed by atoms with Crippen LogP contribution < -0.4 is 10.2 Å². The molecule has 1 saturated heterocycles. The fourth-order valence-corrected chi connectivity index (χ4v) is 2.92. The first-order chi connectivity index (χ1) is 8.38. The summed E-state index contributed by atoms with van der Waals surface area (Å²) in [5, 5.41) is 3.39. The van der Waals surface area contributed by atoms with E-state index in [9.17, 15) is 0 Å². The number of nitrogens with zero attached hydrogens (tertiary/aromatic N) is 1. The van der Waals surface area contributed by atoms with E-state index in [2.05, 4.69) is 35.5 Å². The van der Waals surface area contributed by atoms with Gasteiger partial charge in [-0.15, -0.1) is 0 Å². The zero-order valence-corrected chi connectivity index (χ0v) is 10.4. The number of rotatable bonds is 2. The number of nitrogens with one attached hydrogen (secondary N) is 1. The van der Waals surface area contributed by atoms with Crippen LogP contribution in [0.3, 0.4) is 0 Å². The van der Waals surface area contributed by atoms with Crippen LogP contribution in [0.15, 0.2) is 18.2 Å². The fourth-order valence-electron chi connectivity index (χ4n) is 2.92. The van der Waals surface area contributed by atoms with Gasteiger partial charge in [0.1, 0.15) is 0 Å². The maximum Gasteiger partial charge on any atom is 0.0642 e. The molecule has 0 saturated carbocycles. The van der Waals surface area contributed by atoms with Gasteiger partial charge in [-0.3, -0.25) is 0 Å². The van der Waals surface area contributed by atoms with Gasteiger partial charge in [0.05, 0.1) is 13.2 Å². The molecule has 1 aromatic rings. The molecule has 0 amide bonds. The Hall–Kier alpha value is -1.06. The van der Waals surface area contributed by atoms with E-state index in [1.54, 1.807) is 0 Å². The molecular formula is C14H20N2O. The number of ether oxygens (including phenoxy) is 1. The van der Waals surface area contributed by atoms with Gasteiger partial charge in [0.15, 0.2) is 0 Å². The Kier molecular flexibility index (Phi) is 3.04. The molecule has 92 valence electrons. The van der Waals surface area contributed by atoms with E-state index in [4.69, 9.17) is 4.74 Å². The lowest BCUT2D eigenvalue weighted by atomic mass is 10.1. The average Bonchev–Trinajstić information content (AvgIpc) is 2.81. The van der Waals surface area contributed by atoms with Crippen LogP contribution in [-0.2, 0) is 11.2 Å². The van der Waals surface area contributed by atoms with Crippen molar-refractivity contribution in [2.24, 2.45) is 0 Å². The minimum Gasteiger partial charge on any atom is -0.378 e. The van der Waals surface area contributed by atoms with E-state index in [-0.39, 0.29) is 0 Å². The number of benzene rings is 1. The molecule has 0 aromatic heterocycles. The summed E-state index contributed by atoms with van der Waals surface area (Å²) in [6, 6.07) is 7.50. The monoisotopic (exact) mass is 232 g/mol. The predicted molar refractivity (Wildman–Crippen MR) is 69.6 cm³/mol. The molecule has 1 aliphatic heterocycles. The highest BCUT2D eigenvalue weighted by atomic mass is 16.5. The summed E-state index contributed by atoms with van der Waals surface area (Å²) in [6.07, 6.45) is 2.44. The lowest BCUT2D eigenvalue weighted by Gasteiger charge is -2.29. The molecule has 17 heavy (non-hydrogen) atoms. The molecule has 1 atom stereocenters. The second-order valence-electron chi connectivity index (χ2n) is 4.86. The maximum atomic E-state index is 5.40. The Morgan fingerprint density at radius 2 is 2.12 bits per heavy atom. The maximum absolute atomic E-state index is 5.40. The third-order valence-electron chi connectivity index (χ3n) is 3.93. The Morgan fingerprint density at radius 1 is 1.29 bits per heavy atom. The van der Waals surface area contributed by atoms with Gasteiger partial charge in [0.2, 0.25) is 0 Å². The fraction of sp³-hybridized carbons (Fsp3) is 0.571. The number of fused-ring (bicyclic) bond motifs is 1. The van der Waals surface area contributed by atoms with Crippen LogP contribution in [0.4, 0.5) is 5.69 Å². The zero-order chi connectivity index (χ0) is 11.7. The Labute approximate surface area is 103 Å². The molecule has 2 aliphatic rings. The van der Waals surface area contributed by atoms with Crippen molar-refractivity contribution in [1.29, 1.82) is 0 Å². The van der Waals surface area contributed by atoms with Crippen molar-refractivity contribution < 1.29 is 4.74 Å². The first-order valence-electron chi connectivity index (χ1n) is 6.51. The van der Waals surface area contributed by atoms with Gasteiger partial charge in [-0.2, -0.15) is 0 Å². The summed E-state index contributed by atoms with van der Waals surface area (Å²) in [5.41, 5.74) is 4.38. The standard InChI is InChI=1S/C14H20N2O/c1-15-14-5-2-11-10-12(3-4-13(11)14)16-6-8-17-9-7-16/h3-4,10,14-15H,2,5-9H2,1H3. The van der Waals surface area contributed by atoms with Crippen molar-refractivity contribution in [3.05, 3.63) is 29.3 Å². The largest absolute Gasteiger partial charge is 0.378 e. The third-order valence-corrected chi connectivity index (χ3v) is 3.93. The van der Waals surface area contributed by atoms with E-state index >= 15 is 0 Å². The minimum absolute atomic E-state index is 0.559. The average molecular weight is 232 g/mol. The van der Waals surface area contributed by atoms with Crippen LogP contribution in [0.2, 0.25) is 0 Å². The van der Waals surface area contributed by atoms with Crippen LogP contribution in [-0.4, -0.2) is 33.4 Å². The van der Waals surface area contributed by atoms with Crippen molar-refractivity contribution in [2.45, 2.75) is 18.9 Å². The molecule has 3 rings (SSSR count). The molecule has 0 spiro atoms. The number of anilines is 1. The lowest BCUT2D eigenvalue weighted by Crippen LogP contribution is -2.36. The second kappa shape index (κ2) is 4.67. The SMILES string of the molecule is CNC1CCc2cc(N3CCOCC3)ccc21. The van der Waals surface area contributed by atoms with Gasteiger partial charge in [0, 0.05) is 24.8 Å². The summed E-state index contributed by atoms with van der Waals surface area (Å²) in [7, 11) is 2.05. The number of hydrogen-bond donors (Lipinski definition) is 1. The molecule has 0 radical (unpaired) electrons. The van der Waals surface area contributed by atoms with E-state index in [0.717, 1.165) is 26.3 Å². The molecule has 3 nitrogen and oxygen atoms in total. The van der Waals surface area contributed by atoms with Crippen molar-refractivity contribution in [3.8, 4) is 0 Å². The topological polar surface area (TPSA) is 24.5 Å². The van der Waals surface area contributed by atoms with Gasteiger partial charge < -0.3 is 15.0 Å². The van der Waals surface area contributed by atoms with E-state index < -0.39 is 0 Å². The van der Waals surface area contributed by atoms with E-state index in [1.807, 2.05) is 0 Å². The Bertz CT molecular complexity index is 399. The van der Waals surface area contributed by atoms with Crippen molar-refractivity contribution in [2.75, 3.05) is 38.3 Å². The summed E-state index contributed by atoms with van der Waals surface area (Å²) < 4.78 is 5.40. The molecule has 1 aliphatic carbocycles. The van der Waals surface area contributed by atoms with Crippen LogP contribution >= 0.6 is 0 Å². The van der Waals surface area contributed by atoms with Crippen molar-refractivity contribution in [1.82, 2.24) is 5.32 Å². The normalized spacial score (nSPS) is 23.8. The van der Waals surface area contributed by atoms with Gasteiger partial charge in [-0.1, -0.05) is 6.07 Å². The number of hydrogen-bond acceptors (Lipinski definition) is 3. The lowest BCUT2D eigenvalue weighted by molar-refractivity contribution is 0.122. The second-order valence-corrected chi connectivity index (χ2v) is 4.86. The van der Waals surface area contributed by atoms with Gasteiger partial charge >= 0.3 is 0 Å². The predicted octanol–water partition coefficient (Wildman–Crippen LogP) is 1.73. The first-order valence-corrected chi connectivity index (χ1v) is 6.51. The highest BCUT2D eigenvalue weighted by molar-refractivity contribution is 5.53. The third kappa shape index (κ3) is 2.05. The molecule has 1 N–H and O–H groups in total. The molecule has 1 heterocycles. The summed E-state index contributed by atoms with van der Waals surface area (Å²) in [5.74, 6) is 0. The molecule has 1 aromatic carbocycles. The Morgan fingerprint density at radius 3 is 2.88 bits per heavy atom. The first kappa shape index (κ1) is 11.1. The molecule has 0 bridgehead atoms. The smallest absolute Gasteiger partial charge is 0.0642 e. The van der Waals surface area contributed by atoms with Crippen LogP contribution in [0.25, 0.3) is 0 Å². The zero-order valence-electron chi connectivity index (χ0n) is 10.4. The number of aryl methyl sites for hydroxylation is 1. The molecule has 1 fully saturated rings. The molecular weight excluding hydrogens is 212 g/mol. The minimum atomic E-state index is 0.559. The molecule has 3 heteroatoms. The van der Waals surface area contributed by atoms with Crippen LogP contribution in [0.5, 0.6) is 0 Å². The quantitative estimate of drug-likeness (QED) is 0.840. The van der Waals surface area contributed by atoms with Crippen molar-refractivity contribution >= 4 is 5.69 Å². The van der Waals surface area contributed by atoms with E-state index in [0.29, 0.717) is 6.04 Å². The Balaban J connectivity index is 1.84. The molecule has 1 unspecified atom stereocenters. The van der Waals surface area contributed by atoms with Gasteiger partial charge in [-0.05, 0) is 43.1 Å². The van der Waals surface area contributed by atoms with Gasteiger partial charge in [-0.25, -0.2) is 0 Å². The van der Waals surface area contributed by atoms with Crippen molar-refractivity contribution in [3.63, 3.8) is 0 Å².